The first kappa shape index (κ1) is 17.9. The number of aromatic nitrogens is 2. The molecule has 2 aromatic rings. The number of rotatable bonds is 1. The number of nitrogens with one attached hydrogen (secondary N) is 2. The van der Waals surface area contributed by atoms with Crippen molar-refractivity contribution in [2.24, 2.45) is 0 Å². The average Bonchev–Trinajstić information content (AvgIpc) is 3.06. The molecule has 8 heteroatoms. The standard InChI is InChI=1S/C18H23N5O3/c1-13-11-15(26-22-13)18(25)23-10-3-6-14-5-2-7-16(21-14)19-8-4-9-20-17(24)12-23/h2,5,7,11H,3-4,6,8-10,12H2,1H3,(H,19,21)(H,20,24). The van der Waals surface area contributed by atoms with Crippen LogP contribution in [0.5, 0.6) is 0 Å². The van der Waals surface area contributed by atoms with Gasteiger partial charge in [0.05, 0.1) is 12.2 Å². The van der Waals surface area contributed by atoms with Gasteiger partial charge in [0, 0.05) is 31.4 Å². The summed E-state index contributed by atoms with van der Waals surface area (Å²) in [7, 11) is 0. The summed E-state index contributed by atoms with van der Waals surface area (Å²) in [5.74, 6) is 0.483. The molecule has 0 saturated heterocycles. The number of aryl methyl sites for hydroxylation is 2. The number of hydrogen-bond donors (Lipinski definition) is 2. The van der Waals surface area contributed by atoms with Gasteiger partial charge < -0.3 is 20.1 Å². The number of carbonyl (C=O) groups excluding carboxylic acids is 2. The van der Waals surface area contributed by atoms with E-state index in [1.807, 2.05) is 18.2 Å². The van der Waals surface area contributed by atoms with Crippen LogP contribution in [-0.2, 0) is 11.2 Å². The van der Waals surface area contributed by atoms with Crippen molar-refractivity contribution >= 4 is 17.6 Å². The molecule has 138 valence electrons. The fraction of sp³-hybridized carbons (Fsp3) is 0.444. The molecular weight excluding hydrogens is 334 g/mol. The summed E-state index contributed by atoms with van der Waals surface area (Å²) in [4.78, 5) is 30.9. The molecule has 0 aromatic carbocycles. The van der Waals surface area contributed by atoms with Gasteiger partial charge in [-0.05, 0) is 38.3 Å². The van der Waals surface area contributed by atoms with Gasteiger partial charge in [0.15, 0.2) is 0 Å². The molecule has 8 nitrogen and oxygen atoms in total. The Bertz CT molecular complexity index is 774. The molecule has 0 radical (unpaired) electrons. The van der Waals surface area contributed by atoms with E-state index in [2.05, 4.69) is 20.8 Å². The third-order valence-electron chi connectivity index (χ3n) is 4.11. The lowest BCUT2D eigenvalue weighted by Gasteiger charge is -2.21. The Balaban J connectivity index is 1.73. The molecule has 26 heavy (non-hydrogen) atoms. The van der Waals surface area contributed by atoms with Gasteiger partial charge in [0.25, 0.3) is 5.91 Å². The number of anilines is 1. The lowest BCUT2D eigenvalue weighted by molar-refractivity contribution is -0.121. The van der Waals surface area contributed by atoms with Crippen molar-refractivity contribution in [2.75, 3.05) is 31.5 Å². The van der Waals surface area contributed by atoms with E-state index >= 15 is 0 Å². The molecule has 0 atom stereocenters. The van der Waals surface area contributed by atoms with E-state index in [1.165, 1.54) is 4.90 Å². The molecule has 2 amide bonds. The van der Waals surface area contributed by atoms with Crippen molar-refractivity contribution in [3.63, 3.8) is 0 Å². The molecule has 1 aliphatic heterocycles. The van der Waals surface area contributed by atoms with E-state index in [9.17, 15) is 9.59 Å². The zero-order valence-electron chi connectivity index (χ0n) is 14.8. The molecule has 0 unspecified atom stereocenters. The minimum atomic E-state index is -0.323. The van der Waals surface area contributed by atoms with Crippen LogP contribution in [0.25, 0.3) is 0 Å². The predicted molar refractivity (Wildman–Crippen MR) is 95.8 cm³/mol. The molecule has 1 aliphatic rings. The maximum Gasteiger partial charge on any atom is 0.292 e. The second-order valence-corrected chi connectivity index (χ2v) is 6.31. The summed E-state index contributed by atoms with van der Waals surface area (Å²) in [5.41, 5.74) is 1.59. The number of hydrogen-bond acceptors (Lipinski definition) is 6. The predicted octanol–water partition coefficient (Wildman–Crippen LogP) is 1.38. The SMILES string of the molecule is Cc1cc(C(=O)N2CCCc3cccc(n3)NCCCNC(=O)C2)on1. The lowest BCUT2D eigenvalue weighted by Crippen LogP contribution is -2.41. The molecule has 3 heterocycles. The third-order valence-corrected chi connectivity index (χ3v) is 4.11. The number of nitrogens with zero attached hydrogens (tertiary/aromatic N) is 3. The second kappa shape index (κ2) is 8.46. The van der Waals surface area contributed by atoms with E-state index in [-0.39, 0.29) is 24.1 Å². The lowest BCUT2D eigenvalue weighted by atomic mass is 10.2. The van der Waals surface area contributed by atoms with Crippen LogP contribution in [0.2, 0.25) is 0 Å². The van der Waals surface area contributed by atoms with Gasteiger partial charge in [-0.1, -0.05) is 11.2 Å². The van der Waals surface area contributed by atoms with Gasteiger partial charge >= 0.3 is 0 Å². The van der Waals surface area contributed by atoms with Crippen molar-refractivity contribution in [1.82, 2.24) is 20.4 Å². The maximum absolute atomic E-state index is 12.7. The highest BCUT2D eigenvalue weighted by Crippen LogP contribution is 2.11. The Morgan fingerprint density at radius 1 is 1.23 bits per heavy atom. The summed E-state index contributed by atoms with van der Waals surface area (Å²) in [6, 6.07) is 7.45. The average molecular weight is 357 g/mol. The fourth-order valence-electron chi connectivity index (χ4n) is 2.80. The van der Waals surface area contributed by atoms with Crippen LogP contribution in [0, 0.1) is 6.92 Å². The zero-order valence-corrected chi connectivity index (χ0v) is 14.8. The van der Waals surface area contributed by atoms with Crippen molar-refractivity contribution in [3.8, 4) is 0 Å². The molecular formula is C18H23N5O3. The highest BCUT2D eigenvalue weighted by Gasteiger charge is 2.22. The number of carbonyl (C=O) groups is 2. The van der Waals surface area contributed by atoms with E-state index < -0.39 is 0 Å². The Hall–Kier alpha value is -2.90. The second-order valence-electron chi connectivity index (χ2n) is 6.31. The van der Waals surface area contributed by atoms with Crippen LogP contribution in [0.4, 0.5) is 5.82 Å². The number of amides is 2. The topological polar surface area (TPSA) is 100 Å². The monoisotopic (exact) mass is 357 g/mol. The first-order chi connectivity index (χ1) is 12.6. The van der Waals surface area contributed by atoms with Crippen LogP contribution in [0.1, 0.15) is 34.8 Å². The Morgan fingerprint density at radius 3 is 2.88 bits per heavy atom. The minimum Gasteiger partial charge on any atom is -0.370 e. The number of fused-ring (bicyclic) bond motifs is 2. The Morgan fingerprint density at radius 2 is 2.08 bits per heavy atom. The zero-order chi connectivity index (χ0) is 18.4. The molecule has 3 rings (SSSR count). The Labute approximate surface area is 151 Å². The maximum atomic E-state index is 12.7. The van der Waals surface area contributed by atoms with Crippen molar-refractivity contribution < 1.29 is 14.1 Å². The first-order valence-electron chi connectivity index (χ1n) is 8.81. The van der Waals surface area contributed by atoms with E-state index in [0.29, 0.717) is 25.2 Å². The van der Waals surface area contributed by atoms with Gasteiger partial charge in [0.2, 0.25) is 11.7 Å². The van der Waals surface area contributed by atoms with Crippen molar-refractivity contribution in [2.45, 2.75) is 26.2 Å². The normalized spacial score (nSPS) is 16.3. The van der Waals surface area contributed by atoms with Gasteiger partial charge in [-0.25, -0.2) is 4.98 Å². The van der Waals surface area contributed by atoms with E-state index in [0.717, 1.165) is 30.9 Å². The summed E-state index contributed by atoms with van der Waals surface area (Å²) in [6.07, 6.45) is 2.19. The van der Waals surface area contributed by atoms with Gasteiger partial charge in [0.1, 0.15) is 5.82 Å². The number of pyridine rings is 1. The van der Waals surface area contributed by atoms with Crippen molar-refractivity contribution in [3.05, 3.63) is 41.4 Å². The molecule has 2 N–H and O–H groups in total. The quantitative estimate of drug-likeness (QED) is 0.800. The van der Waals surface area contributed by atoms with Crippen LogP contribution < -0.4 is 10.6 Å². The summed E-state index contributed by atoms with van der Waals surface area (Å²) < 4.78 is 5.07. The van der Waals surface area contributed by atoms with Gasteiger partial charge in [-0.3, -0.25) is 9.59 Å². The largest absolute Gasteiger partial charge is 0.370 e. The molecule has 2 bridgehead atoms. The highest BCUT2D eigenvalue weighted by molar-refractivity contribution is 5.94. The molecule has 0 aliphatic carbocycles. The summed E-state index contributed by atoms with van der Waals surface area (Å²) in [6.45, 7) is 3.44. The first-order valence-corrected chi connectivity index (χ1v) is 8.81. The highest BCUT2D eigenvalue weighted by atomic mass is 16.5. The Kier molecular flexibility index (Phi) is 5.83. The minimum absolute atomic E-state index is 0.000518. The van der Waals surface area contributed by atoms with Gasteiger partial charge in [-0.15, -0.1) is 0 Å². The molecule has 0 fully saturated rings. The fourth-order valence-corrected chi connectivity index (χ4v) is 2.80. The van der Waals surface area contributed by atoms with Crippen molar-refractivity contribution in [1.29, 1.82) is 0 Å². The third kappa shape index (κ3) is 4.81. The summed E-state index contributed by atoms with van der Waals surface area (Å²) >= 11 is 0. The van der Waals surface area contributed by atoms with Crippen LogP contribution in [0.15, 0.2) is 28.8 Å². The van der Waals surface area contributed by atoms with Crippen LogP contribution in [0.3, 0.4) is 0 Å². The van der Waals surface area contributed by atoms with E-state index in [1.54, 1.807) is 13.0 Å². The summed E-state index contributed by atoms with van der Waals surface area (Å²) in [5, 5.41) is 9.86. The van der Waals surface area contributed by atoms with Crippen LogP contribution >= 0.6 is 0 Å². The molecule has 2 aromatic heterocycles. The smallest absolute Gasteiger partial charge is 0.292 e. The van der Waals surface area contributed by atoms with E-state index in [4.69, 9.17) is 4.52 Å². The van der Waals surface area contributed by atoms with Crippen LogP contribution in [-0.4, -0.2) is 53.0 Å². The molecule has 0 spiro atoms. The molecule has 0 saturated carbocycles. The van der Waals surface area contributed by atoms with Gasteiger partial charge in [-0.2, -0.15) is 0 Å².